The van der Waals surface area contributed by atoms with E-state index in [4.69, 9.17) is 5.73 Å². The SMILES string of the molecule is CC(CCCCN)c1cccs1. The van der Waals surface area contributed by atoms with Gasteiger partial charge in [0.05, 0.1) is 0 Å². The van der Waals surface area contributed by atoms with Crippen LogP contribution in [0.3, 0.4) is 0 Å². The summed E-state index contributed by atoms with van der Waals surface area (Å²) in [7, 11) is 0. The summed E-state index contributed by atoms with van der Waals surface area (Å²) < 4.78 is 0. The highest BCUT2D eigenvalue weighted by atomic mass is 32.1. The minimum absolute atomic E-state index is 0.719. The fourth-order valence-corrected chi connectivity index (χ4v) is 2.13. The Bertz CT molecular complexity index is 194. The molecule has 0 bridgehead atoms. The average molecular weight is 183 g/mol. The Morgan fingerprint density at radius 3 is 2.92 bits per heavy atom. The summed E-state index contributed by atoms with van der Waals surface area (Å²) in [6, 6.07) is 4.34. The van der Waals surface area contributed by atoms with Crippen LogP contribution in [-0.2, 0) is 0 Å². The van der Waals surface area contributed by atoms with Crippen LogP contribution in [0, 0.1) is 0 Å². The summed E-state index contributed by atoms with van der Waals surface area (Å²) in [5.41, 5.74) is 5.44. The molecule has 2 N–H and O–H groups in total. The molecule has 0 fully saturated rings. The van der Waals surface area contributed by atoms with Gasteiger partial charge in [-0.05, 0) is 36.8 Å². The van der Waals surface area contributed by atoms with Gasteiger partial charge in [-0.3, -0.25) is 0 Å². The maximum absolute atomic E-state index is 5.44. The van der Waals surface area contributed by atoms with Crippen molar-refractivity contribution < 1.29 is 0 Å². The summed E-state index contributed by atoms with van der Waals surface area (Å²) in [5, 5.41) is 2.15. The van der Waals surface area contributed by atoms with Crippen LogP contribution in [0.15, 0.2) is 17.5 Å². The van der Waals surface area contributed by atoms with Gasteiger partial charge in [-0.15, -0.1) is 11.3 Å². The molecule has 12 heavy (non-hydrogen) atoms. The minimum atomic E-state index is 0.719. The highest BCUT2D eigenvalue weighted by molar-refractivity contribution is 7.10. The average Bonchev–Trinajstić information content (AvgIpc) is 2.56. The molecule has 0 aliphatic heterocycles. The highest BCUT2D eigenvalue weighted by Gasteiger charge is 2.04. The number of unbranched alkanes of at least 4 members (excludes halogenated alkanes) is 1. The Balaban J connectivity index is 2.25. The maximum Gasteiger partial charge on any atom is 0.00734 e. The van der Waals surface area contributed by atoms with Crippen molar-refractivity contribution in [3.63, 3.8) is 0 Å². The quantitative estimate of drug-likeness (QED) is 0.698. The number of nitrogens with two attached hydrogens (primary N) is 1. The third-order valence-corrected chi connectivity index (χ3v) is 3.22. The van der Waals surface area contributed by atoms with Crippen molar-refractivity contribution in [2.45, 2.75) is 32.1 Å². The van der Waals surface area contributed by atoms with Crippen molar-refractivity contribution >= 4 is 11.3 Å². The van der Waals surface area contributed by atoms with Crippen LogP contribution < -0.4 is 5.73 Å². The third kappa shape index (κ3) is 2.95. The van der Waals surface area contributed by atoms with E-state index in [9.17, 15) is 0 Å². The normalized spacial score (nSPS) is 13.2. The molecule has 1 rings (SSSR count). The zero-order chi connectivity index (χ0) is 8.81. The summed E-state index contributed by atoms with van der Waals surface area (Å²) in [6.45, 7) is 3.12. The molecule has 0 saturated heterocycles. The lowest BCUT2D eigenvalue weighted by Gasteiger charge is -2.07. The topological polar surface area (TPSA) is 26.0 Å². The zero-order valence-electron chi connectivity index (χ0n) is 7.62. The van der Waals surface area contributed by atoms with Crippen LogP contribution in [0.4, 0.5) is 0 Å². The van der Waals surface area contributed by atoms with Crippen molar-refractivity contribution in [2.24, 2.45) is 5.73 Å². The molecular weight excluding hydrogens is 166 g/mol. The van der Waals surface area contributed by atoms with Gasteiger partial charge in [0.2, 0.25) is 0 Å². The molecule has 0 aliphatic carbocycles. The van der Waals surface area contributed by atoms with E-state index in [0.717, 1.165) is 18.9 Å². The zero-order valence-corrected chi connectivity index (χ0v) is 8.44. The Kier molecular flexibility index (Phi) is 4.33. The molecule has 0 saturated carbocycles. The molecule has 68 valence electrons. The van der Waals surface area contributed by atoms with Gasteiger partial charge in [0.25, 0.3) is 0 Å². The Morgan fingerprint density at radius 1 is 1.50 bits per heavy atom. The van der Waals surface area contributed by atoms with Crippen molar-refractivity contribution in [2.75, 3.05) is 6.54 Å². The molecule has 1 aromatic heterocycles. The van der Waals surface area contributed by atoms with Crippen molar-refractivity contribution in [1.29, 1.82) is 0 Å². The number of hydrogen-bond donors (Lipinski definition) is 1. The summed E-state index contributed by atoms with van der Waals surface area (Å²) in [5.74, 6) is 0.719. The second kappa shape index (κ2) is 5.33. The molecule has 1 atom stereocenters. The van der Waals surface area contributed by atoms with Crippen LogP contribution >= 0.6 is 11.3 Å². The lowest BCUT2D eigenvalue weighted by Crippen LogP contribution is -1.99. The Labute approximate surface area is 78.6 Å². The first-order valence-corrected chi connectivity index (χ1v) is 5.46. The Hall–Kier alpha value is -0.340. The van der Waals surface area contributed by atoms with Gasteiger partial charge < -0.3 is 5.73 Å². The third-order valence-electron chi connectivity index (χ3n) is 2.12. The molecule has 1 heterocycles. The lowest BCUT2D eigenvalue weighted by molar-refractivity contribution is 0.616. The fourth-order valence-electron chi connectivity index (χ4n) is 1.31. The van der Waals surface area contributed by atoms with E-state index in [1.165, 1.54) is 17.7 Å². The first kappa shape index (κ1) is 9.75. The molecule has 0 aliphatic rings. The van der Waals surface area contributed by atoms with Gasteiger partial charge in [-0.2, -0.15) is 0 Å². The van der Waals surface area contributed by atoms with Crippen LogP contribution in [0.5, 0.6) is 0 Å². The van der Waals surface area contributed by atoms with E-state index in [2.05, 4.69) is 24.4 Å². The van der Waals surface area contributed by atoms with Gasteiger partial charge in [0.15, 0.2) is 0 Å². The predicted molar refractivity (Wildman–Crippen MR) is 55.6 cm³/mol. The highest BCUT2D eigenvalue weighted by Crippen LogP contribution is 2.24. The van der Waals surface area contributed by atoms with Gasteiger partial charge in [0.1, 0.15) is 0 Å². The van der Waals surface area contributed by atoms with Crippen molar-refractivity contribution in [3.05, 3.63) is 22.4 Å². The van der Waals surface area contributed by atoms with Crippen LogP contribution in [0.25, 0.3) is 0 Å². The maximum atomic E-state index is 5.44. The van der Waals surface area contributed by atoms with E-state index in [-0.39, 0.29) is 0 Å². The summed E-state index contributed by atoms with van der Waals surface area (Å²) in [6.07, 6.45) is 3.70. The monoisotopic (exact) mass is 183 g/mol. The molecule has 1 nitrogen and oxygen atoms in total. The molecule has 0 radical (unpaired) electrons. The van der Waals surface area contributed by atoms with Crippen molar-refractivity contribution in [1.82, 2.24) is 0 Å². The molecule has 0 spiro atoms. The van der Waals surface area contributed by atoms with Gasteiger partial charge in [-0.25, -0.2) is 0 Å². The molecule has 0 amide bonds. The summed E-state index contributed by atoms with van der Waals surface area (Å²) >= 11 is 1.86. The Morgan fingerprint density at radius 2 is 2.33 bits per heavy atom. The number of rotatable bonds is 5. The van der Waals surface area contributed by atoms with E-state index in [1.54, 1.807) is 0 Å². The second-order valence-corrected chi connectivity index (χ2v) is 4.18. The standard InChI is InChI=1S/C10H17NS/c1-9(5-2-3-7-11)10-6-4-8-12-10/h4,6,8-9H,2-3,5,7,11H2,1H3. The van der Waals surface area contributed by atoms with E-state index in [1.807, 2.05) is 11.3 Å². The number of thiophene rings is 1. The largest absolute Gasteiger partial charge is 0.330 e. The predicted octanol–water partition coefficient (Wildman–Crippen LogP) is 2.98. The smallest absolute Gasteiger partial charge is 0.00734 e. The van der Waals surface area contributed by atoms with Crippen molar-refractivity contribution in [3.8, 4) is 0 Å². The summed E-state index contributed by atoms with van der Waals surface area (Å²) in [4.78, 5) is 1.51. The van der Waals surface area contributed by atoms with Crippen LogP contribution in [0.1, 0.15) is 37.0 Å². The van der Waals surface area contributed by atoms with E-state index >= 15 is 0 Å². The van der Waals surface area contributed by atoms with E-state index < -0.39 is 0 Å². The van der Waals surface area contributed by atoms with E-state index in [0.29, 0.717) is 0 Å². The first-order valence-electron chi connectivity index (χ1n) is 4.58. The van der Waals surface area contributed by atoms with Gasteiger partial charge in [-0.1, -0.05) is 19.4 Å². The molecule has 0 aromatic carbocycles. The fraction of sp³-hybridized carbons (Fsp3) is 0.600. The number of hydrogen-bond acceptors (Lipinski definition) is 2. The molecule has 2 heteroatoms. The molecular formula is C10H17NS. The van der Waals surface area contributed by atoms with Crippen LogP contribution in [0.2, 0.25) is 0 Å². The van der Waals surface area contributed by atoms with Gasteiger partial charge >= 0.3 is 0 Å². The minimum Gasteiger partial charge on any atom is -0.330 e. The second-order valence-electron chi connectivity index (χ2n) is 3.20. The molecule has 1 unspecified atom stereocenters. The van der Waals surface area contributed by atoms with Crippen LogP contribution in [-0.4, -0.2) is 6.54 Å². The lowest BCUT2D eigenvalue weighted by atomic mass is 10.0. The first-order chi connectivity index (χ1) is 5.84. The molecule has 1 aromatic rings. The van der Waals surface area contributed by atoms with Gasteiger partial charge in [0, 0.05) is 4.88 Å².